The van der Waals surface area contributed by atoms with E-state index < -0.39 is 0 Å². The number of carbonyl (C=O) groups is 2. The lowest BCUT2D eigenvalue weighted by Crippen LogP contribution is -2.39. The second-order valence-corrected chi connectivity index (χ2v) is 2.59. The van der Waals surface area contributed by atoms with Gasteiger partial charge in [0.1, 0.15) is 12.3 Å². The zero-order valence-electron chi connectivity index (χ0n) is 6.91. The summed E-state index contributed by atoms with van der Waals surface area (Å²) in [5, 5.41) is 0. The molecule has 0 atom stereocenters. The molecule has 0 bridgehead atoms. The lowest BCUT2D eigenvalue weighted by Gasteiger charge is -2.21. The lowest BCUT2D eigenvalue weighted by molar-refractivity contribution is -0.132. The maximum atomic E-state index is 11.1. The zero-order valence-corrected chi connectivity index (χ0v) is 6.91. The van der Waals surface area contributed by atoms with Gasteiger partial charge in [-0.2, -0.15) is 4.99 Å². The Balaban J connectivity index is 2.80. The summed E-state index contributed by atoms with van der Waals surface area (Å²) in [4.78, 5) is 27.0. The van der Waals surface area contributed by atoms with Crippen molar-refractivity contribution < 1.29 is 9.59 Å². The van der Waals surface area contributed by atoms with Gasteiger partial charge in [-0.05, 0) is 6.54 Å². The summed E-state index contributed by atoms with van der Waals surface area (Å²) < 4.78 is 0. The molecule has 0 aromatic heterocycles. The molecule has 0 fully saturated rings. The number of hydrogen-bond acceptors (Lipinski definition) is 3. The minimum atomic E-state index is -0.374. The summed E-state index contributed by atoms with van der Waals surface area (Å²) in [5.41, 5.74) is 5.28. The first kappa shape index (κ1) is 8.86. The Labute approximate surface area is 70.2 Å². The highest BCUT2D eigenvalue weighted by Crippen LogP contribution is 2.05. The molecule has 0 saturated carbocycles. The molecular weight excluding hydrogens is 158 g/mol. The van der Waals surface area contributed by atoms with E-state index >= 15 is 0 Å². The normalized spacial score (nSPS) is 18.2. The highest BCUT2D eigenvalue weighted by atomic mass is 16.2. The van der Waals surface area contributed by atoms with Gasteiger partial charge in [0, 0.05) is 13.5 Å². The number of amides is 2. The van der Waals surface area contributed by atoms with E-state index in [9.17, 15) is 9.59 Å². The van der Waals surface area contributed by atoms with E-state index in [1.54, 1.807) is 7.05 Å². The molecule has 1 aliphatic rings. The molecule has 66 valence electrons. The quantitative estimate of drug-likeness (QED) is 0.545. The lowest BCUT2D eigenvalue weighted by atomic mass is 10.2. The number of aliphatic imine (C=N–C) groups is 1. The van der Waals surface area contributed by atoms with E-state index in [-0.39, 0.29) is 18.2 Å². The minimum absolute atomic E-state index is 0.120. The van der Waals surface area contributed by atoms with Crippen LogP contribution in [0.2, 0.25) is 0 Å². The second kappa shape index (κ2) is 3.44. The number of nitrogens with two attached hydrogens (primary N) is 1. The Morgan fingerprint density at radius 1 is 1.58 bits per heavy atom. The van der Waals surface area contributed by atoms with E-state index in [4.69, 9.17) is 5.73 Å². The number of carbonyl (C=O) groups excluding carboxylic acids is 2. The largest absolute Gasteiger partial charge is 0.330 e. The van der Waals surface area contributed by atoms with Crippen LogP contribution >= 0.6 is 0 Å². The van der Waals surface area contributed by atoms with Crippen molar-refractivity contribution in [3.8, 4) is 0 Å². The van der Waals surface area contributed by atoms with Crippen molar-refractivity contribution in [2.45, 2.75) is 12.8 Å². The number of nitrogens with zero attached hydrogens (tertiary/aromatic N) is 2. The average molecular weight is 169 g/mol. The summed E-state index contributed by atoms with van der Waals surface area (Å²) in [6.07, 6.45) is 0.346. The van der Waals surface area contributed by atoms with Crippen molar-refractivity contribution in [3.63, 3.8) is 0 Å². The van der Waals surface area contributed by atoms with Gasteiger partial charge in [-0.1, -0.05) is 0 Å². The van der Waals surface area contributed by atoms with Crippen molar-refractivity contribution in [1.82, 2.24) is 4.90 Å². The Bertz CT molecular complexity index is 247. The van der Waals surface area contributed by atoms with Gasteiger partial charge >= 0.3 is 0 Å². The molecule has 2 N–H and O–H groups in total. The Morgan fingerprint density at radius 2 is 2.25 bits per heavy atom. The average Bonchev–Trinajstić information content (AvgIpc) is 2.00. The van der Waals surface area contributed by atoms with Gasteiger partial charge in [0.15, 0.2) is 0 Å². The van der Waals surface area contributed by atoms with Crippen molar-refractivity contribution >= 4 is 17.6 Å². The molecule has 5 nitrogen and oxygen atoms in total. The molecule has 2 amide bonds. The molecule has 1 heterocycles. The van der Waals surface area contributed by atoms with Gasteiger partial charge < -0.3 is 10.6 Å². The molecule has 0 aromatic rings. The second-order valence-electron chi connectivity index (χ2n) is 2.59. The first-order valence-corrected chi connectivity index (χ1v) is 3.72. The third kappa shape index (κ3) is 1.68. The Hall–Kier alpha value is -1.23. The molecule has 1 rings (SSSR count). The third-order valence-electron chi connectivity index (χ3n) is 1.69. The minimum Gasteiger partial charge on any atom is -0.330 e. The first-order chi connectivity index (χ1) is 5.65. The molecular formula is C7H11N3O2. The van der Waals surface area contributed by atoms with E-state index in [2.05, 4.69) is 4.99 Å². The highest BCUT2D eigenvalue weighted by Gasteiger charge is 2.23. The summed E-state index contributed by atoms with van der Waals surface area (Å²) >= 11 is 0. The van der Waals surface area contributed by atoms with Gasteiger partial charge in [-0.25, -0.2) is 0 Å². The van der Waals surface area contributed by atoms with Gasteiger partial charge in [-0.3, -0.25) is 9.59 Å². The fraction of sp³-hybridized carbons (Fsp3) is 0.571. The number of rotatable bonds is 2. The standard InChI is InChI=1S/C7H11N3O2/c1-10-5(2-3-8)9-6(11)4-7(10)12/h2-4,8H2,1H3. The van der Waals surface area contributed by atoms with Gasteiger partial charge in [0.05, 0.1) is 0 Å². The maximum absolute atomic E-state index is 11.1. The molecule has 0 unspecified atom stereocenters. The highest BCUT2D eigenvalue weighted by molar-refractivity contribution is 6.13. The van der Waals surface area contributed by atoms with Crippen LogP contribution in [-0.4, -0.2) is 36.1 Å². The monoisotopic (exact) mass is 169 g/mol. The molecule has 0 spiro atoms. The van der Waals surface area contributed by atoms with Crippen LogP contribution in [0.15, 0.2) is 4.99 Å². The van der Waals surface area contributed by atoms with Gasteiger partial charge in [-0.15, -0.1) is 0 Å². The van der Waals surface area contributed by atoms with Crippen LogP contribution in [0.25, 0.3) is 0 Å². The Kier molecular flexibility index (Phi) is 2.54. The van der Waals surface area contributed by atoms with Crippen LogP contribution in [0.4, 0.5) is 0 Å². The molecule has 0 aliphatic carbocycles. The van der Waals surface area contributed by atoms with E-state index in [0.29, 0.717) is 18.8 Å². The fourth-order valence-electron chi connectivity index (χ4n) is 1.00. The smallest absolute Gasteiger partial charge is 0.256 e. The summed E-state index contributed by atoms with van der Waals surface area (Å²) in [6.45, 7) is 0.393. The van der Waals surface area contributed by atoms with Crippen LogP contribution in [0, 0.1) is 0 Å². The molecule has 0 radical (unpaired) electrons. The number of amidine groups is 1. The van der Waals surface area contributed by atoms with E-state index in [1.807, 2.05) is 0 Å². The SMILES string of the molecule is CN1C(=O)CC(=O)N=C1CCN. The molecule has 1 aliphatic heterocycles. The fourth-order valence-corrected chi connectivity index (χ4v) is 1.00. The topological polar surface area (TPSA) is 75.8 Å². The van der Waals surface area contributed by atoms with E-state index in [0.717, 1.165) is 0 Å². The van der Waals surface area contributed by atoms with Crippen molar-refractivity contribution in [1.29, 1.82) is 0 Å². The van der Waals surface area contributed by atoms with Gasteiger partial charge in [0.2, 0.25) is 5.91 Å². The van der Waals surface area contributed by atoms with Crippen LogP contribution in [0.5, 0.6) is 0 Å². The van der Waals surface area contributed by atoms with Crippen molar-refractivity contribution in [2.75, 3.05) is 13.6 Å². The first-order valence-electron chi connectivity index (χ1n) is 3.72. The number of hydrogen-bond donors (Lipinski definition) is 1. The maximum Gasteiger partial charge on any atom is 0.256 e. The molecule has 0 saturated heterocycles. The molecule has 0 aromatic carbocycles. The zero-order chi connectivity index (χ0) is 9.14. The molecule has 5 heteroatoms. The predicted molar refractivity (Wildman–Crippen MR) is 43.5 cm³/mol. The Morgan fingerprint density at radius 3 is 2.83 bits per heavy atom. The van der Waals surface area contributed by atoms with Crippen molar-refractivity contribution in [2.24, 2.45) is 10.7 Å². The molecule has 12 heavy (non-hydrogen) atoms. The van der Waals surface area contributed by atoms with Crippen LogP contribution < -0.4 is 5.73 Å². The van der Waals surface area contributed by atoms with Crippen LogP contribution in [-0.2, 0) is 9.59 Å². The summed E-state index contributed by atoms with van der Waals surface area (Å²) in [7, 11) is 1.60. The summed E-state index contributed by atoms with van der Waals surface area (Å²) in [5.74, 6) is -0.112. The van der Waals surface area contributed by atoms with Gasteiger partial charge in [0.25, 0.3) is 5.91 Å². The van der Waals surface area contributed by atoms with E-state index in [1.165, 1.54) is 4.90 Å². The predicted octanol–water partition coefficient (Wildman–Crippen LogP) is -0.878. The van der Waals surface area contributed by atoms with Crippen molar-refractivity contribution in [3.05, 3.63) is 0 Å². The van der Waals surface area contributed by atoms with Crippen LogP contribution in [0.3, 0.4) is 0 Å². The summed E-state index contributed by atoms with van der Waals surface area (Å²) in [6, 6.07) is 0. The van der Waals surface area contributed by atoms with Crippen LogP contribution in [0.1, 0.15) is 12.8 Å². The third-order valence-corrected chi connectivity index (χ3v) is 1.69.